The van der Waals surface area contributed by atoms with E-state index in [1.54, 1.807) is 0 Å². The maximum atomic E-state index is 12.3. The number of carbonyl (C=O) groups is 1. The second-order valence-corrected chi connectivity index (χ2v) is 5.32. The molecule has 1 amide bonds. The van der Waals surface area contributed by atoms with Gasteiger partial charge >= 0.3 is 0 Å². The zero-order valence-corrected chi connectivity index (χ0v) is 13.2. The first-order valence-corrected chi connectivity index (χ1v) is 7.59. The van der Waals surface area contributed by atoms with Crippen molar-refractivity contribution in [2.45, 2.75) is 52.5 Å². The van der Waals surface area contributed by atoms with E-state index < -0.39 is 0 Å². The number of nitrogens with one attached hydrogen (secondary N) is 1. The Morgan fingerprint density at radius 3 is 2.86 bits per heavy atom. The van der Waals surface area contributed by atoms with E-state index in [0.29, 0.717) is 12.0 Å². The average Bonchev–Trinajstić information content (AvgIpc) is 2.47. The summed E-state index contributed by atoms with van der Waals surface area (Å²) < 4.78 is 0. The molecule has 0 aliphatic heterocycles. The maximum Gasteiger partial charge on any atom is 0.251 e. The van der Waals surface area contributed by atoms with Crippen LogP contribution in [0.15, 0.2) is 18.2 Å². The third-order valence-corrected chi connectivity index (χ3v) is 3.32. The molecule has 0 aromatic heterocycles. The Morgan fingerprint density at radius 2 is 2.19 bits per heavy atom. The monoisotopic (exact) mass is 287 g/mol. The molecule has 0 saturated carbocycles. The van der Waals surface area contributed by atoms with Crippen LogP contribution in [0.4, 0.5) is 0 Å². The molecule has 0 bridgehead atoms. The number of unbranched alkanes of at least 4 members (excludes halogenated alkanes) is 1. The van der Waals surface area contributed by atoms with Gasteiger partial charge in [-0.3, -0.25) is 4.79 Å². The van der Waals surface area contributed by atoms with Crippen LogP contribution >= 0.6 is 0 Å². The van der Waals surface area contributed by atoms with Crippen LogP contribution in [0.2, 0.25) is 0 Å². The van der Waals surface area contributed by atoms with Crippen LogP contribution in [-0.4, -0.2) is 23.7 Å². The summed E-state index contributed by atoms with van der Waals surface area (Å²) in [4.78, 5) is 12.3. The lowest BCUT2D eigenvalue weighted by Crippen LogP contribution is -2.32. The van der Waals surface area contributed by atoms with Crippen molar-refractivity contribution in [1.82, 2.24) is 5.32 Å². The minimum absolute atomic E-state index is 0.0399. The summed E-state index contributed by atoms with van der Waals surface area (Å²) in [5, 5.41) is 11.8. The summed E-state index contributed by atoms with van der Waals surface area (Å²) in [7, 11) is 0. The van der Waals surface area contributed by atoms with E-state index in [1.807, 2.05) is 32.0 Å². The summed E-state index contributed by atoms with van der Waals surface area (Å²) in [6.45, 7) is 6.17. The predicted octanol–water partition coefficient (Wildman–Crippen LogP) is 3.04. The van der Waals surface area contributed by atoms with Gasteiger partial charge in [0.25, 0.3) is 5.91 Å². The number of hydrogen-bond donors (Lipinski definition) is 2. The normalized spacial score (nSPS) is 11.4. The average molecular weight is 287 g/mol. The number of aliphatic hydroxyl groups is 1. The van der Waals surface area contributed by atoms with Crippen LogP contribution in [0.3, 0.4) is 0 Å². The van der Waals surface area contributed by atoms with E-state index in [0.717, 1.165) is 30.4 Å². The minimum atomic E-state index is -0.0399. The van der Waals surface area contributed by atoms with Gasteiger partial charge in [0.2, 0.25) is 0 Å². The first-order valence-electron chi connectivity index (χ1n) is 7.59. The Morgan fingerprint density at radius 1 is 1.43 bits per heavy atom. The van der Waals surface area contributed by atoms with E-state index in [-0.39, 0.29) is 18.6 Å². The predicted molar refractivity (Wildman–Crippen MR) is 86.2 cm³/mol. The SMILES string of the molecule is CCCCC(C)NC(=O)c1cc(C#CCCO)ccc1C. The first kappa shape index (κ1) is 17.3. The molecule has 0 spiro atoms. The highest BCUT2D eigenvalue weighted by molar-refractivity contribution is 5.96. The van der Waals surface area contributed by atoms with Gasteiger partial charge < -0.3 is 10.4 Å². The molecule has 21 heavy (non-hydrogen) atoms. The molecule has 3 heteroatoms. The van der Waals surface area contributed by atoms with E-state index in [4.69, 9.17) is 5.11 Å². The van der Waals surface area contributed by atoms with Crippen molar-refractivity contribution in [2.75, 3.05) is 6.61 Å². The topological polar surface area (TPSA) is 49.3 Å². The van der Waals surface area contributed by atoms with Crippen LogP contribution in [-0.2, 0) is 0 Å². The molecule has 1 unspecified atom stereocenters. The summed E-state index contributed by atoms with van der Waals surface area (Å²) in [6, 6.07) is 5.81. The van der Waals surface area contributed by atoms with Crippen molar-refractivity contribution in [2.24, 2.45) is 0 Å². The van der Waals surface area contributed by atoms with Crippen LogP contribution in [0, 0.1) is 18.8 Å². The maximum absolute atomic E-state index is 12.3. The molecule has 1 aromatic carbocycles. The number of aliphatic hydroxyl groups excluding tert-OH is 1. The Bertz CT molecular complexity index is 526. The second kappa shape index (κ2) is 9.20. The molecule has 0 radical (unpaired) electrons. The number of rotatable bonds is 6. The molecule has 0 heterocycles. The first-order chi connectivity index (χ1) is 10.1. The van der Waals surface area contributed by atoms with Crippen molar-refractivity contribution in [3.8, 4) is 11.8 Å². The quantitative estimate of drug-likeness (QED) is 0.790. The Kier molecular flexibility index (Phi) is 7.56. The lowest BCUT2D eigenvalue weighted by molar-refractivity contribution is 0.0937. The van der Waals surface area contributed by atoms with Crippen LogP contribution in [0.5, 0.6) is 0 Å². The molecule has 1 atom stereocenters. The standard InChI is InChI=1S/C18H25NO2/c1-4-5-8-15(3)19-18(21)17-13-16(9-6-7-12-20)11-10-14(17)2/h10-11,13,15,20H,4-5,7-8,12H2,1-3H3,(H,19,21). The molecule has 0 fully saturated rings. The van der Waals surface area contributed by atoms with Gasteiger partial charge in [-0.2, -0.15) is 0 Å². The number of carbonyl (C=O) groups excluding carboxylic acids is 1. The van der Waals surface area contributed by atoms with Gasteiger partial charge in [-0.25, -0.2) is 0 Å². The molecular weight excluding hydrogens is 262 g/mol. The van der Waals surface area contributed by atoms with Gasteiger partial charge in [-0.05, 0) is 38.0 Å². The molecule has 0 aliphatic rings. The van der Waals surface area contributed by atoms with E-state index in [2.05, 4.69) is 24.1 Å². The van der Waals surface area contributed by atoms with Gasteiger partial charge in [0.1, 0.15) is 0 Å². The molecule has 1 aromatic rings. The third kappa shape index (κ3) is 6.01. The van der Waals surface area contributed by atoms with Gasteiger partial charge in [-0.15, -0.1) is 0 Å². The summed E-state index contributed by atoms with van der Waals surface area (Å²) in [5.41, 5.74) is 2.43. The van der Waals surface area contributed by atoms with Gasteiger partial charge in [0.15, 0.2) is 0 Å². The molecular formula is C18H25NO2. The van der Waals surface area contributed by atoms with Gasteiger partial charge in [-0.1, -0.05) is 37.7 Å². The Balaban J connectivity index is 2.79. The fourth-order valence-corrected chi connectivity index (χ4v) is 2.05. The summed E-state index contributed by atoms with van der Waals surface area (Å²) in [6.07, 6.45) is 3.70. The van der Waals surface area contributed by atoms with Crippen molar-refractivity contribution in [3.05, 3.63) is 34.9 Å². The van der Waals surface area contributed by atoms with Crippen molar-refractivity contribution in [1.29, 1.82) is 0 Å². The summed E-state index contributed by atoms with van der Waals surface area (Å²) in [5.74, 6) is 5.80. The largest absolute Gasteiger partial charge is 0.395 e. The fourth-order valence-electron chi connectivity index (χ4n) is 2.05. The number of aryl methyl sites for hydroxylation is 1. The van der Waals surface area contributed by atoms with Crippen LogP contribution in [0.25, 0.3) is 0 Å². The highest BCUT2D eigenvalue weighted by atomic mass is 16.2. The zero-order chi connectivity index (χ0) is 15.7. The van der Waals surface area contributed by atoms with Crippen LogP contribution in [0.1, 0.15) is 61.0 Å². The number of amides is 1. The molecule has 114 valence electrons. The molecule has 2 N–H and O–H groups in total. The van der Waals surface area contributed by atoms with Crippen molar-refractivity contribution < 1.29 is 9.90 Å². The fraction of sp³-hybridized carbons (Fsp3) is 0.500. The zero-order valence-electron chi connectivity index (χ0n) is 13.2. The van der Waals surface area contributed by atoms with Gasteiger partial charge in [0, 0.05) is 23.6 Å². The Hall–Kier alpha value is -1.79. The highest BCUT2D eigenvalue weighted by Gasteiger charge is 2.12. The van der Waals surface area contributed by atoms with Gasteiger partial charge in [0.05, 0.1) is 6.61 Å². The summed E-state index contributed by atoms with van der Waals surface area (Å²) >= 11 is 0. The number of hydrogen-bond acceptors (Lipinski definition) is 2. The molecule has 0 saturated heterocycles. The van der Waals surface area contributed by atoms with E-state index >= 15 is 0 Å². The lowest BCUT2D eigenvalue weighted by Gasteiger charge is -2.14. The Labute approximate surface area is 127 Å². The smallest absolute Gasteiger partial charge is 0.251 e. The molecule has 0 aliphatic carbocycles. The minimum Gasteiger partial charge on any atom is -0.395 e. The van der Waals surface area contributed by atoms with Crippen molar-refractivity contribution in [3.63, 3.8) is 0 Å². The third-order valence-electron chi connectivity index (χ3n) is 3.32. The lowest BCUT2D eigenvalue weighted by atomic mass is 10.0. The highest BCUT2D eigenvalue weighted by Crippen LogP contribution is 2.12. The second-order valence-electron chi connectivity index (χ2n) is 5.32. The molecule has 1 rings (SSSR count). The van der Waals surface area contributed by atoms with Crippen LogP contribution < -0.4 is 5.32 Å². The van der Waals surface area contributed by atoms with Crippen molar-refractivity contribution >= 4 is 5.91 Å². The van der Waals surface area contributed by atoms with E-state index in [9.17, 15) is 4.79 Å². The molecule has 3 nitrogen and oxygen atoms in total. The van der Waals surface area contributed by atoms with E-state index in [1.165, 1.54) is 0 Å². The number of benzene rings is 1.